The van der Waals surface area contributed by atoms with Gasteiger partial charge in [-0.3, -0.25) is 4.79 Å². The number of carbonyl (C=O) groups excluding carboxylic acids is 1. The minimum Gasteiger partial charge on any atom is -0.334 e. The summed E-state index contributed by atoms with van der Waals surface area (Å²) < 4.78 is 0. The van der Waals surface area contributed by atoms with Crippen molar-refractivity contribution in [3.63, 3.8) is 0 Å². The molecule has 0 atom stereocenters. The second-order valence-corrected chi connectivity index (χ2v) is 5.34. The van der Waals surface area contributed by atoms with E-state index in [0.29, 0.717) is 12.6 Å². The summed E-state index contributed by atoms with van der Waals surface area (Å²) in [4.78, 5) is 14.6. The molecule has 1 aliphatic carbocycles. The van der Waals surface area contributed by atoms with Crippen LogP contribution in [0.2, 0.25) is 0 Å². The zero-order valence-electron chi connectivity index (χ0n) is 11.5. The molecule has 0 aromatic carbocycles. The molecule has 98 valence electrons. The third kappa shape index (κ3) is 3.56. The predicted octanol–water partition coefficient (Wildman–Crippen LogP) is 2.33. The maximum absolute atomic E-state index is 12.5. The van der Waals surface area contributed by atoms with Crippen molar-refractivity contribution in [3.05, 3.63) is 12.7 Å². The average Bonchev–Trinajstić information content (AvgIpc) is 2.78. The van der Waals surface area contributed by atoms with Gasteiger partial charge in [0.15, 0.2) is 0 Å². The molecular formula is C14H26N2O. The first-order valence-corrected chi connectivity index (χ1v) is 6.70. The predicted molar refractivity (Wildman–Crippen MR) is 71.9 cm³/mol. The van der Waals surface area contributed by atoms with Gasteiger partial charge < -0.3 is 10.2 Å². The molecule has 0 heterocycles. The van der Waals surface area contributed by atoms with Gasteiger partial charge >= 0.3 is 0 Å². The smallest absolute Gasteiger partial charge is 0.242 e. The molecule has 1 rings (SSSR count). The van der Waals surface area contributed by atoms with E-state index >= 15 is 0 Å². The lowest BCUT2D eigenvalue weighted by Gasteiger charge is -2.35. The third-order valence-corrected chi connectivity index (χ3v) is 3.51. The van der Waals surface area contributed by atoms with Gasteiger partial charge in [-0.15, -0.1) is 6.58 Å². The third-order valence-electron chi connectivity index (χ3n) is 3.51. The molecule has 1 N–H and O–H groups in total. The van der Waals surface area contributed by atoms with Crippen molar-refractivity contribution in [1.82, 2.24) is 10.2 Å². The lowest BCUT2D eigenvalue weighted by Crippen LogP contribution is -2.56. The molecule has 0 spiro atoms. The van der Waals surface area contributed by atoms with Crippen molar-refractivity contribution in [2.24, 2.45) is 0 Å². The SMILES string of the molecule is C=CCN(C(=O)C(C)(C)NCC)C1CCCC1. The van der Waals surface area contributed by atoms with E-state index in [1.807, 2.05) is 31.7 Å². The van der Waals surface area contributed by atoms with Crippen LogP contribution in [0.25, 0.3) is 0 Å². The monoisotopic (exact) mass is 238 g/mol. The summed E-state index contributed by atoms with van der Waals surface area (Å²) in [5, 5.41) is 3.26. The molecule has 1 aliphatic rings. The van der Waals surface area contributed by atoms with Gasteiger partial charge in [-0.1, -0.05) is 25.8 Å². The van der Waals surface area contributed by atoms with Crippen LogP contribution in [-0.2, 0) is 4.79 Å². The Hall–Kier alpha value is -0.830. The molecule has 1 saturated carbocycles. The van der Waals surface area contributed by atoms with E-state index in [4.69, 9.17) is 0 Å². The minimum absolute atomic E-state index is 0.200. The van der Waals surface area contributed by atoms with Gasteiger partial charge in [0.2, 0.25) is 5.91 Å². The van der Waals surface area contributed by atoms with Crippen LogP contribution >= 0.6 is 0 Å². The quantitative estimate of drug-likeness (QED) is 0.720. The Bertz CT molecular complexity index is 267. The number of carbonyl (C=O) groups is 1. The van der Waals surface area contributed by atoms with Gasteiger partial charge in [0.1, 0.15) is 0 Å². The van der Waals surface area contributed by atoms with E-state index in [1.165, 1.54) is 12.8 Å². The summed E-state index contributed by atoms with van der Waals surface area (Å²) in [5.41, 5.74) is -0.472. The highest BCUT2D eigenvalue weighted by atomic mass is 16.2. The summed E-state index contributed by atoms with van der Waals surface area (Å²) in [7, 11) is 0. The van der Waals surface area contributed by atoms with Crippen LogP contribution < -0.4 is 5.32 Å². The Morgan fingerprint density at radius 3 is 2.53 bits per heavy atom. The fourth-order valence-corrected chi connectivity index (χ4v) is 2.63. The summed E-state index contributed by atoms with van der Waals surface area (Å²) >= 11 is 0. The van der Waals surface area contributed by atoms with Crippen molar-refractivity contribution in [1.29, 1.82) is 0 Å². The van der Waals surface area contributed by atoms with E-state index in [0.717, 1.165) is 19.4 Å². The lowest BCUT2D eigenvalue weighted by molar-refractivity contribution is -0.138. The van der Waals surface area contributed by atoms with Crippen LogP contribution in [-0.4, -0.2) is 35.5 Å². The summed E-state index contributed by atoms with van der Waals surface area (Å²) in [6.45, 7) is 11.2. The van der Waals surface area contributed by atoms with E-state index in [-0.39, 0.29) is 5.91 Å². The van der Waals surface area contributed by atoms with Crippen LogP contribution in [0.1, 0.15) is 46.5 Å². The first-order valence-electron chi connectivity index (χ1n) is 6.70. The normalized spacial score (nSPS) is 17.1. The molecule has 0 aromatic rings. The molecule has 0 unspecified atom stereocenters. The van der Waals surface area contributed by atoms with Crippen LogP contribution in [0.3, 0.4) is 0 Å². The molecule has 3 heteroatoms. The largest absolute Gasteiger partial charge is 0.334 e. The molecule has 0 aromatic heterocycles. The van der Waals surface area contributed by atoms with Crippen LogP contribution in [0.15, 0.2) is 12.7 Å². The standard InChI is InChI=1S/C14H26N2O/c1-5-11-16(12-9-7-8-10-12)13(17)14(3,4)15-6-2/h5,12,15H,1,6-11H2,2-4H3. The van der Waals surface area contributed by atoms with Crippen LogP contribution in [0.5, 0.6) is 0 Å². The Kier molecular flexibility index (Phi) is 5.19. The average molecular weight is 238 g/mol. The minimum atomic E-state index is -0.472. The number of hydrogen-bond donors (Lipinski definition) is 1. The number of likely N-dealkylation sites (N-methyl/N-ethyl adjacent to an activating group) is 1. The van der Waals surface area contributed by atoms with E-state index in [1.54, 1.807) is 0 Å². The van der Waals surface area contributed by atoms with Gasteiger partial charge in [0.05, 0.1) is 5.54 Å². The first-order chi connectivity index (χ1) is 8.03. The van der Waals surface area contributed by atoms with Crippen LogP contribution in [0.4, 0.5) is 0 Å². The topological polar surface area (TPSA) is 32.3 Å². The summed E-state index contributed by atoms with van der Waals surface area (Å²) in [5.74, 6) is 0.200. The highest BCUT2D eigenvalue weighted by Gasteiger charge is 2.35. The van der Waals surface area contributed by atoms with Gasteiger partial charge in [-0.25, -0.2) is 0 Å². The molecule has 1 amide bonds. The molecule has 3 nitrogen and oxygen atoms in total. The molecule has 0 aliphatic heterocycles. The number of amides is 1. The number of nitrogens with one attached hydrogen (secondary N) is 1. The summed E-state index contributed by atoms with van der Waals surface area (Å²) in [6.07, 6.45) is 6.60. The van der Waals surface area contributed by atoms with E-state index in [2.05, 4.69) is 11.9 Å². The fraction of sp³-hybridized carbons (Fsp3) is 0.786. The molecule has 0 bridgehead atoms. The molecule has 17 heavy (non-hydrogen) atoms. The Morgan fingerprint density at radius 2 is 2.06 bits per heavy atom. The van der Waals surface area contributed by atoms with E-state index < -0.39 is 5.54 Å². The van der Waals surface area contributed by atoms with E-state index in [9.17, 15) is 4.79 Å². The molecule has 0 saturated heterocycles. The Morgan fingerprint density at radius 1 is 1.47 bits per heavy atom. The van der Waals surface area contributed by atoms with Crippen molar-refractivity contribution < 1.29 is 4.79 Å². The molecule has 0 radical (unpaired) electrons. The molecule has 1 fully saturated rings. The second kappa shape index (κ2) is 6.20. The van der Waals surface area contributed by atoms with Gasteiger partial charge in [0, 0.05) is 12.6 Å². The zero-order valence-corrected chi connectivity index (χ0v) is 11.5. The maximum Gasteiger partial charge on any atom is 0.242 e. The first kappa shape index (κ1) is 14.2. The van der Waals surface area contributed by atoms with Crippen molar-refractivity contribution >= 4 is 5.91 Å². The summed E-state index contributed by atoms with van der Waals surface area (Å²) in [6, 6.07) is 0.415. The highest BCUT2D eigenvalue weighted by molar-refractivity contribution is 5.86. The van der Waals surface area contributed by atoms with Crippen LogP contribution in [0, 0.1) is 0 Å². The number of hydrogen-bond acceptors (Lipinski definition) is 2. The van der Waals surface area contributed by atoms with Crippen molar-refractivity contribution in [2.45, 2.75) is 58.0 Å². The number of rotatable bonds is 6. The van der Waals surface area contributed by atoms with Gasteiger partial charge in [0.25, 0.3) is 0 Å². The fourth-order valence-electron chi connectivity index (χ4n) is 2.63. The Balaban J connectivity index is 2.74. The Labute approximate surface area is 105 Å². The highest BCUT2D eigenvalue weighted by Crippen LogP contribution is 2.25. The number of nitrogens with zero attached hydrogens (tertiary/aromatic N) is 1. The maximum atomic E-state index is 12.5. The lowest BCUT2D eigenvalue weighted by atomic mass is 10.0. The van der Waals surface area contributed by atoms with Crippen molar-refractivity contribution in [2.75, 3.05) is 13.1 Å². The van der Waals surface area contributed by atoms with Gasteiger partial charge in [-0.2, -0.15) is 0 Å². The second-order valence-electron chi connectivity index (χ2n) is 5.34. The van der Waals surface area contributed by atoms with Crippen molar-refractivity contribution in [3.8, 4) is 0 Å². The zero-order chi connectivity index (χ0) is 12.9. The molecular weight excluding hydrogens is 212 g/mol. The van der Waals surface area contributed by atoms with Gasteiger partial charge in [-0.05, 0) is 33.2 Å².